The molecule has 0 aliphatic rings. The maximum atomic E-state index is 11.9. The SMILES string of the molecule is CCCCNC(=O)c1ccc(CCNC(=O)OC(C)(C)C)cc1. The van der Waals surface area contributed by atoms with E-state index >= 15 is 0 Å². The molecule has 0 atom stereocenters. The van der Waals surface area contributed by atoms with Gasteiger partial charge in [0, 0.05) is 18.7 Å². The highest BCUT2D eigenvalue weighted by molar-refractivity contribution is 5.94. The highest BCUT2D eigenvalue weighted by Gasteiger charge is 2.15. The van der Waals surface area contributed by atoms with Crippen LogP contribution in [0.15, 0.2) is 24.3 Å². The van der Waals surface area contributed by atoms with Crippen molar-refractivity contribution < 1.29 is 14.3 Å². The molecule has 0 fully saturated rings. The lowest BCUT2D eigenvalue weighted by atomic mass is 10.1. The van der Waals surface area contributed by atoms with Crippen LogP contribution in [0.5, 0.6) is 0 Å². The van der Waals surface area contributed by atoms with Gasteiger partial charge in [0.2, 0.25) is 0 Å². The predicted molar refractivity (Wildman–Crippen MR) is 91.6 cm³/mol. The lowest BCUT2D eigenvalue weighted by Gasteiger charge is -2.19. The average Bonchev–Trinajstić information content (AvgIpc) is 2.46. The van der Waals surface area contributed by atoms with Gasteiger partial charge in [0.25, 0.3) is 5.91 Å². The van der Waals surface area contributed by atoms with Crippen LogP contribution >= 0.6 is 0 Å². The van der Waals surface area contributed by atoms with Gasteiger partial charge in [-0.15, -0.1) is 0 Å². The first kappa shape index (κ1) is 19.0. The molecule has 0 aliphatic carbocycles. The van der Waals surface area contributed by atoms with E-state index in [1.807, 2.05) is 45.0 Å². The van der Waals surface area contributed by atoms with Gasteiger partial charge in [0.15, 0.2) is 0 Å². The fourth-order valence-electron chi connectivity index (χ4n) is 1.93. The van der Waals surface area contributed by atoms with E-state index in [2.05, 4.69) is 17.6 Å². The molecule has 2 N–H and O–H groups in total. The van der Waals surface area contributed by atoms with Crippen molar-refractivity contribution in [3.05, 3.63) is 35.4 Å². The van der Waals surface area contributed by atoms with E-state index in [4.69, 9.17) is 4.74 Å². The Bertz CT molecular complexity index is 504. The molecular weight excluding hydrogens is 292 g/mol. The Hall–Kier alpha value is -2.04. The van der Waals surface area contributed by atoms with Gasteiger partial charge in [0.05, 0.1) is 0 Å². The fraction of sp³-hybridized carbons (Fsp3) is 0.556. The fourth-order valence-corrected chi connectivity index (χ4v) is 1.93. The molecule has 0 heterocycles. The summed E-state index contributed by atoms with van der Waals surface area (Å²) < 4.78 is 5.17. The van der Waals surface area contributed by atoms with Crippen LogP contribution in [0.1, 0.15) is 56.5 Å². The van der Waals surface area contributed by atoms with Crippen LogP contribution in [0.3, 0.4) is 0 Å². The molecule has 1 aromatic rings. The van der Waals surface area contributed by atoms with Gasteiger partial charge >= 0.3 is 6.09 Å². The number of ether oxygens (including phenoxy) is 1. The third kappa shape index (κ3) is 8.24. The molecule has 1 aromatic carbocycles. The van der Waals surface area contributed by atoms with Crippen molar-refractivity contribution >= 4 is 12.0 Å². The quantitative estimate of drug-likeness (QED) is 0.758. The molecule has 0 radical (unpaired) electrons. The van der Waals surface area contributed by atoms with Crippen LogP contribution in [0.4, 0.5) is 4.79 Å². The van der Waals surface area contributed by atoms with E-state index in [-0.39, 0.29) is 5.91 Å². The van der Waals surface area contributed by atoms with Gasteiger partial charge in [-0.3, -0.25) is 4.79 Å². The van der Waals surface area contributed by atoms with Gasteiger partial charge in [-0.1, -0.05) is 25.5 Å². The van der Waals surface area contributed by atoms with Crippen molar-refractivity contribution in [2.75, 3.05) is 13.1 Å². The van der Waals surface area contributed by atoms with Gasteiger partial charge in [0.1, 0.15) is 5.60 Å². The van der Waals surface area contributed by atoms with E-state index in [0.717, 1.165) is 18.4 Å². The number of carbonyl (C=O) groups is 2. The number of hydrogen-bond donors (Lipinski definition) is 2. The normalized spacial score (nSPS) is 11.0. The molecule has 0 bridgehead atoms. The Balaban J connectivity index is 2.37. The number of nitrogens with one attached hydrogen (secondary N) is 2. The molecule has 0 aromatic heterocycles. The summed E-state index contributed by atoms with van der Waals surface area (Å²) in [6.45, 7) is 8.78. The second-order valence-corrected chi connectivity index (χ2v) is 6.49. The van der Waals surface area contributed by atoms with Crippen molar-refractivity contribution in [2.24, 2.45) is 0 Å². The van der Waals surface area contributed by atoms with Gasteiger partial charge in [-0.05, 0) is 51.3 Å². The zero-order valence-electron chi connectivity index (χ0n) is 14.6. The van der Waals surface area contributed by atoms with E-state index in [1.54, 1.807) is 0 Å². The largest absolute Gasteiger partial charge is 0.444 e. The van der Waals surface area contributed by atoms with Crippen LogP contribution in [-0.4, -0.2) is 30.7 Å². The summed E-state index contributed by atoms with van der Waals surface area (Å²) in [5, 5.41) is 5.61. The minimum absolute atomic E-state index is 0.0446. The van der Waals surface area contributed by atoms with Gasteiger partial charge < -0.3 is 15.4 Å². The molecule has 1 rings (SSSR count). The number of amides is 2. The molecule has 5 nitrogen and oxygen atoms in total. The molecule has 2 amide bonds. The van der Waals surface area contributed by atoms with Crippen LogP contribution in [0, 0.1) is 0 Å². The molecule has 128 valence electrons. The molecule has 23 heavy (non-hydrogen) atoms. The van der Waals surface area contributed by atoms with Crippen LogP contribution in [-0.2, 0) is 11.2 Å². The summed E-state index contributed by atoms with van der Waals surface area (Å²) in [6, 6.07) is 7.44. The Morgan fingerprint density at radius 3 is 2.26 bits per heavy atom. The summed E-state index contributed by atoms with van der Waals surface area (Å²) in [4.78, 5) is 23.4. The number of benzene rings is 1. The average molecular weight is 320 g/mol. The van der Waals surface area contributed by atoms with Gasteiger partial charge in [-0.2, -0.15) is 0 Å². The van der Waals surface area contributed by atoms with Crippen molar-refractivity contribution in [1.29, 1.82) is 0 Å². The number of carbonyl (C=O) groups excluding carboxylic acids is 2. The number of rotatable bonds is 7. The first-order valence-electron chi connectivity index (χ1n) is 8.16. The minimum atomic E-state index is -0.489. The smallest absolute Gasteiger partial charge is 0.407 e. The molecule has 0 aliphatic heterocycles. The highest BCUT2D eigenvalue weighted by Crippen LogP contribution is 2.07. The Morgan fingerprint density at radius 1 is 1.04 bits per heavy atom. The van der Waals surface area contributed by atoms with Crippen molar-refractivity contribution in [3.63, 3.8) is 0 Å². The third-order valence-corrected chi connectivity index (χ3v) is 3.11. The Labute approximate surface area is 138 Å². The van der Waals surface area contributed by atoms with Crippen LogP contribution in [0.25, 0.3) is 0 Å². The Kier molecular flexibility index (Phi) is 7.59. The maximum absolute atomic E-state index is 11.9. The third-order valence-electron chi connectivity index (χ3n) is 3.11. The number of unbranched alkanes of at least 4 members (excludes halogenated alkanes) is 1. The zero-order valence-corrected chi connectivity index (χ0v) is 14.6. The van der Waals surface area contributed by atoms with E-state index in [9.17, 15) is 9.59 Å². The lowest BCUT2D eigenvalue weighted by Crippen LogP contribution is -2.33. The number of hydrogen-bond acceptors (Lipinski definition) is 3. The molecular formula is C18H28N2O3. The molecule has 0 saturated carbocycles. The number of alkyl carbamates (subject to hydrolysis) is 1. The summed E-state index contributed by atoms with van der Waals surface area (Å²) in [6.07, 6.45) is 2.32. The second kappa shape index (κ2) is 9.18. The second-order valence-electron chi connectivity index (χ2n) is 6.49. The van der Waals surface area contributed by atoms with Crippen molar-refractivity contribution in [2.45, 2.75) is 52.6 Å². The predicted octanol–water partition coefficient (Wildman–Crippen LogP) is 3.28. The van der Waals surface area contributed by atoms with Crippen LogP contribution < -0.4 is 10.6 Å². The van der Waals surface area contributed by atoms with Crippen molar-refractivity contribution in [3.8, 4) is 0 Å². The standard InChI is InChI=1S/C18H28N2O3/c1-5-6-12-19-16(21)15-9-7-14(8-10-15)11-13-20-17(22)23-18(2,3)4/h7-10H,5-6,11-13H2,1-4H3,(H,19,21)(H,20,22). The van der Waals surface area contributed by atoms with Gasteiger partial charge in [-0.25, -0.2) is 4.79 Å². The first-order chi connectivity index (χ1) is 10.8. The first-order valence-corrected chi connectivity index (χ1v) is 8.16. The van der Waals surface area contributed by atoms with E-state index < -0.39 is 11.7 Å². The van der Waals surface area contributed by atoms with E-state index in [0.29, 0.717) is 25.1 Å². The van der Waals surface area contributed by atoms with E-state index in [1.165, 1.54) is 0 Å². The monoisotopic (exact) mass is 320 g/mol. The van der Waals surface area contributed by atoms with Crippen molar-refractivity contribution in [1.82, 2.24) is 10.6 Å². The minimum Gasteiger partial charge on any atom is -0.444 e. The molecule has 0 unspecified atom stereocenters. The molecule has 0 saturated heterocycles. The lowest BCUT2D eigenvalue weighted by molar-refractivity contribution is 0.0528. The highest BCUT2D eigenvalue weighted by atomic mass is 16.6. The zero-order chi connectivity index (χ0) is 17.3. The summed E-state index contributed by atoms with van der Waals surface area (Å²) in [5.74, 6) is -0.0446. The molecule has 0 spiro atoms. The summed E-state index contributed by atoms with van der Waals surface area (Å²) in [5.41, 5.74) is 1.23. The maximum Gasteiger partial charge on any atom is 0.407 e. The summed E-state index contributed by atoms with van der Waals surface area (Å²) >= 11 is 0. The molecule has 5 heteroatoms. The Morgan fingerprint density at radius 2 is 1.70 bits per heavy atom. The summed E-state index contributed by atoms with van der Waals surface area (Å²) in [7, 11) is 0. The topological polar surface area (TPSA) is 67.4 Å². The van der Waals surface area contributed by atoms with Crippen LogP contribution in [0.2, 0.25) is 0 Å².